The highest BCUT2D eigenvalue weighted by atomic mass is 35.5. The minimum Gasteiger partial charge on any atom is -0.433 e. The second kappa shape index (κ2) is 11.3. The summed E-state index contributed by atoms with van der Waals surface area (Å²) in [5, 5.41) is 11.3. The van der Waals surface area contributed by atoms with Crippen LogP contribution in [0.5, 0.6) is 5.75 Å². The number of alkyl halides is 2. The van der Waals surface area contributed by atoms with Gasteiger partial charge >= 0.3 is 6.61 Å². The molecule has 11 heteroatoms. The molecule has 3 rings (SSSR count). The minimum atomic E-state index is -2.99. The van der Waals surface area contributed by atoms with Crippen LogP contribution in [-0.4, -0.2) is 46.2 Å². The molecule has 0 spiro atoms. The standard InChI is InChI=1S/C21H21ClF2N4O3S/c1-13(19(29)25-15-8-9-17(16(22)12-15)31-20(23)24)32-21-27-26-18(28(21)10-11-30-2)14-6-4-3-5-7-14/h3-9,12-13,20H,10-11H2,1-2H3,(H,25,29). The number of anilines is 1. The van der Waals surface area contributed by atoms with E-state index < -0.39 is 11.9 Å². The highest BCUT2D eigenvalue weighted by Gasteiger charge is 2.21. The quantitative estimate of drug-likeness (QED) is 0.411. The number of halogens is 3. The Morgan fingerprint density at radius 1 is 1.22 bits per heavy atom. The van der Waals surface area contributed by atoms with Gasteiger partial charge < -0.3 is 14.8 Å². The number of hydrogen-bond donors (Lipinski definition) is 1. The van der Waals surface area contributed by atoms with E-state index in [4.69, 9.17) is 16.3 Å². The molecule has 0 aliphatic rings. The number of hydrogen-bond acceptors (Lipinski definition) is 6. The lowest BCUT2D eigenvalue weighted by Crippen LogP contribution is -2.23. The van der Waals surface area contributed by atoms with Crippen LogP contribution in [0.25, 0.3) is 11.4 Å². The van der Waals surface area contributed by atoms with E-state index in [2.05, 4.69) is 20.3 Å². The second-order valence-corrected chi connectivity index (χ2v) is 8.30. The van der Waals surface area contributed by atoms with Crippen LogP contribution in [0, 0.1) is 0 Å². The summed E-state index contributed by atoms with van der Waals surface area (Å²) < 4.78 is 36.2. The number of benzene rings is 2. The van der Waals surface area contributed by atoms with Crippen LogP contribution < -0.4 is 10.1 Å². The van der Waals surface area contributed by atoms with E-state index in [0.29, 0.717) is 29.8 Å². The number of thioether (sulfide) groups is 1. The fourth-order valence-corrected chi connectivity index (χ4v) is 3.89. The number of rotatable bonds is 10. The zero-order chi connectivity index (χ0) is 23.1. The Hall–Kier alpha value is -2.69. The molecule has 1 N–H and O–H groups in total. The number of ether oxygens (including phenoxy) is 2. The molecule has 1 unspecified atom stereocenters. The lowest BCUT2D eigenvalue weighted by molar-refractivity contribution is -0.115. The normalized spacial score (nSPS) is 12.1. The molecule has 0 saturated heterocycles. The molecule has 32 heavy (non-hydrogen) atoms. The first-order chi connectivity index (χ1) is 15.4. The van der Waals surface area contributed by atoms with Crippen molar-refractivity contribution in [3.05, 3.63) is 53.6 Å². The van der Waals surface area contributed by atoms with Crippen molar-refractivity contribution in [2.45, 2.75) is 30.5 Å². The first-order valence-electron chi connectivity index (χ1n) is 9.58. The van der Waals surface area contributed by atoms with Gasteiger partial charge in [-0.15, -0.1) is 10.2 Å². The Labute approximate surface area is 193 Å². The molecule has 0 aliphatic heterocycles. The number of carbonyl (C=O) groups is 1. The molecule has 1 amide bonds. The largest absolute Gasteiger partial charge is 0.433 e. The summed E-state index contributed by atoms with van der Waals surface area (Å²) in [4.78, 5) is 12.7. The molecule has 0 bridgehead atoms. The Balaban J connectivity index is 1.72. The van der Waals surface area contributed by atoms with E-state index in [-0.39, 0.29) is 16.7 Å². The molecule has 0 aliphatic carbocycles. The summed E-state index contributed by atoms with van der Waals surface area (Å²) in [6.07, 6.45) is 0. The maximum Gasteiger partial charge on any atom is 0.387 e. The van der Waals surface area contributed by atoms with Crippen molar-refractivity contribution in [3.63, 3.8) is 0 Å². The van der Waals surface area contributed by atoms with Gasteiger partial charge in [0.25, 0.3) is 0 Å². The smallest absolute Gasteiger partial charge is 0.387 e. The summed E-state index contributed by atoms with van der Waals surface area (Å²) >= 11 is 7.19. The van der Waals surface area contributed by atoms with Gasteiger partial charge in [0.15, 0.2) is 11.0 Å². The number of aromatic nitrogens is 3. The Bertz CT molecular complexity index is 1050. The fourth-order valence-electron chi connectivity index (χ4n) is 2.79. The SMILES string of the molecule is COCCn1c(SC(C)C(=O)Nc2ccc(OC(F)F)c(Cl)c2)nnc1-c1ccccc1. The first kappa shape index (κ1) is 24.0. The van der Waals surface area contributed by atoms with Gasteiger partial charge in [0.2, 0.25) is 5.91 Å². The third kappa shape index (κ3) is 6.18. The number of nitrogens with zero attached hydrogens (tertiary/aromatic N) is 3. The predicted molar refractivity (Wildman–Crippen MR) is 119 cm³/mol. The second-order valence-electron chi connectivity index (χ2n) is 6.59. The van der Waals surface area contributed by atoms with Gasteiger partial charge in [-0.05, 0) is 25.1 Å². The van der Waals surface area contributed by atoms with Gasteiger partial charge in [-0.1, -0.05) is 53.7 Å². The topological polar surface area (TPSA) is 78.3 Å². The van der Waals surface area contributed by atoms with E-state index in [1.54, 1.807) is 14.0 Å². The molecular weight excluding hydrogens is 462 g/mol. The van der Waals surface area contributed by atoms with Crippen LogP contribution in [-0.2, 0) is 16.1 Å². The molecule has 170 valence electrons. The van der Waals surface area contributed by atoms with Gasteiger partial charge in [-0.25, -0.2) is 0 Å². The summed E-state index contributed by atoms with van der Waals surface area (Å²) in [7, 11) is 1.61. The van der Waals surface area contributed by atoms with Crippen molar-refractivity contribution < 1.29 is 23.0 Å². The maximum absolute atomic E-state index is 12.7. The Morgan fingerprint density at radius 3 is 2.62 bits per heavy atom. The van der Waals surface area contributed by atoms with Crippen molar-refractivity contribution >= 4 is 35.0 Å². The van der Waals surface area contributed by atoms with E-state index in [0.717, 1.165) is 5.56 Å². The van der Waals surface area contributed by atoms with E-state index in [1.165, 1.54) is 30.0 Å². The zero-order valence-electron chi connectivity index (χ0n) is 17.3. The summed E-state index contributed by atoms with van der Waals surface area (Å²) in [6, 6.07) is 13.7. The highest BCUT2D eigenvalue weighted by molar-refractivity contribution is 8.00. The molecule has 1 heterocycles. The lowest BCUT2D eigenvalue weighted by Gasteiger charge is -2.14. The van der Waals surface area contributed by atoms with Gasteiger partial charge in [0.05, 0.1) is 23.4 Å². The lowest BCUT2D eigenvalue weighted by atomic mass is 10.2. The predicted octanol–water partition coefficient (Wildman–Crippen LogP) is 4.97. The van der Waals surface area contributed by atoms with Crippen molar-refractivity contribution in [1.29, 1.82) is 0 Å². The van der Waals surface area contributed by atoms with Crippen LogP contribution in [0.4, 0.5) is 14.5 Å². The van der Waals surface area contributed by atoms with Crippen LogP contribution in [0.3, 0.4) is 0 Å². The van der Waals surface area contributed by atoms with E-state index in [9.17, 15) is 13.6 Å². The summed E-state index contributed by atoms with van der Waals surface area (Å²) in [5.41, 5.74) is 1.26. The van der Waals surface area contributed by atoms with E-state index >= 15 is 0 Å². The highest BCUT2D eigenvalue weighted by Crippen LogP contribution is 2.30. The summed E-state index contributed by atoms with van der Waals surface area (Å²) in [5.74, 6) is 0.206. The molecule has 1 atom stereocenters. The molecule has 0 radical (unpaired) electrons. The molecule has 0 saturated carbocycles. The number of methoxy groups -OCH3 is 1. The maximum atomic E-state index is 12.7. The number of amides is 1. The van der Waals surface area contributed by atoms with Gasteiger partial charge in [0.1, 0.15) is 5.75 Å². The van der Waals surface area contributed by atoms with Crippen LogP contribution in [0.15, 0.2) is 53.7 Å². The molecule has 0 fully saturated rings. The monoisotopic (exact) mass is 482 g/mol. The van der Waals surface area contributed by atoms with Gasteiger partial charge in [-0.2, -0.15) is 8.78 Å². The minimum absolute atomic E-state index is 0.0322. The first-order valence-corrected chi connectivity index (χ1v) is 10.8. The molecule has 7 nitrogen and oxygen atoms in total. The fraction of sp³-hybridized carbons (Fsp3) is 0.286. The Morgan fingerprint density at radius 2 is 1.97 bits per heavy atom. The van der Waals surface area contributed by atoms with Crippen LogP contribution >= 0.6 is 23.4 Å². The van der Waals surface area contributed by atoms with Crippen molar-refractivity contribution in [1.82, 2.24) is 14.8 Å². The summed E-state index contributed by atoms with van der Waals surface area (Å²) in [6.45, 7) is -0.281. The van der Waals surface area contributed by atoms with Crippen molar-refractivity contribution in [3.8, 4) is 17.1 Å². The third-order valence-electron chi connectivity index (χ3n) is 4.33. The van der Waals surface area contributed by atoms with Crippen molar-refractivity contribution in [2.24, 2.45) is 0 Å². The third-order valence-corrected chi connectivity index (χ3v) is 5.71. The van der Waals surface area contributed by atoms with Gasteiger partial charge in [0, 0.05) is 18.4 Å². The molecular formula is C21H21ClF2N4O3S. The average Bonchev–Trinajstić information content (AvgIpc) is 3.16. The van der Waals surface area contributed by atoms with Crippen LogP contribution in [0.2, 0.25) is 5.02 Å². The van der Waals surface area contributed by atoms with Crippen molar-refractivity contribution in [2.75, 3.05) is 19.0 Å². The van der Waals surface area contributed by atoms with E-state index in [1.807, 2.05) is 34.9 Å². The molecule has 3 aromatic rings. The zero-order valence-corrected chi connectivity index (χ0v) is 18.9. The number of carbonyl (C=O) groups excluding carboxylic acids is 1. The Kier molecular flexibility index (Phi) is 8.43. The number of nitrogens with one attached hydrogen (secondary N) is 1. The molecule has 2 aromatic carbocycles. The molecule has 1 aromatic heterocycles. The van der Waals surface area contributed by atoms with Crippen LogP contribution in [0.1, 0.15) is 6.92 Å². The van der Waals surface area contributed by atoms with Gasteiger partial charge in [-0.3, -0.25) is 9.36 Å². The average molecular weight is 483 g/mol.